The lowest BCUT2D eigenvalue weighted by Gasteiger charge is -2.12. The Morgan fingerprint density at radius 3 is 1.80 bits per heavy atom. The van der Waals surface area contributed by atoms with Crippen LogP contribution in [0.2, 0.25) is 0 Å². The van der Waals surface area contributed by atoms with Gasteiger partial charge in [0.25, 0.3) is 0 Å². The molecule has 46 heavy (non-hydrogen) atoms. The third kappa shape index (κ3) is 4.11. The van der Waals surface area contributed by atoms with Crippen molar-refractivity contribution < 1.29 is 4.74 Å². The van der Waals surface area contributed by atoms with Crippen molar-refractivity contribution in [1.29, 1.82) is 0 Å². The van der Waals surface area contributed by atoms with Crippen LogP contribution in [0.25, 0.3) is 60.8 Å². The van der Waals surface area contributed by atoms with E-state index in [1.165, 1.54) is 27.2 Å². The first-order chi connectivity index (χ1) is 22.6. The zero-order valence-electron chi connectivity index (χ0n) is 25.4. The number of benzene rings is 5. The van der Waals surface area contributed by atoms with Crippen LogP contribution in [-0.2, 0) is 0 Å². The first-order valence-corrected chi connectivity index (χ1v) is 15.4. The van der Waals surface area contributed by atoms with Gasteiger partial charge in [0.05, 0.1) is 39.1 Å². The molecule has 220 valence electrons. The van der Waals surface area contributed by atoms with E-state index in [0.717, 1.165) is 56.5 Å². The summed E-state index contributed by atoms with van der Waals surface area (Å²) in [6, 6.07) is 46.3. The number of rotatable bonds is 5. The van der Waals surface area contributed by atoms with Crippen molar-refractivity contribution in [3.8, 4) is 28.7 Å². The third-order valence-corrected chi connectivity index (χ3v) is 8.75. The number of pyridine rings is 1. The molecule has 4 aromatic heterocycles. The summed E-state index contributed by atoms with van der Waals surface area (Å²) >= 11 is 0. The molecule has 4 heterocycles. The second kappa shape index (κ2) is 10.2. The molecule has 0 aliphatic rings. The maximum Gasteiger partial charge on any atom is 0.139 e. The fourth-order valence-corrected chi connectivity index (χ4v) is 6.84. The van der Waals surface area contributed by atoms with E-state index in [1.807, 2.05) is 48.1 Å². The van der Waals surface area contributed by atoms with Crippen LogP contribution in [0.1, 0.15) is 11.4 Å². The Hall–Kier alpha value is -6.14. The number of hydrogen-bond donors (Lipinski definition) is 0. The maximum atomic E-state index is 6.48. The largest absolute Gasteiger partial charge is 0.457 e. The lowest BCUT2D eigenvalue weighted by Crippen LogP contribution is -2.01. The molecule has 9 rings (SSSR count). The Morgan fingerprint density at radius 2 is 1.13 bits per heavy atom. The van der Waals surface area contributed by atoms with Crippen molar-refractivity contribution in [1.82, 2.24) is 23.9 Å². The zero-order chi connectivity index (χ0) is 30.8. The molecular weight excluding hydrogens is 566 g/mol. The van der Waals surface area contributed by atoms with Crippen molar-refractivity contribution in [3.63, 3.8) is 0 Å². The van der Waals surface area contributed by atoms with Crippen molar-refractivity contribution in [3.05, 3.63) is 151 Å². The van der Waals surface area contributed by atoms with Gasteiger partial charge in [0, 0.05) is 51.6 Å². The molecule has 0 atom stereocenters. The van der Waals surface area contributed by atoms with Crippen molar-refractivity contribution in [2.75, 3.05) is 0 Å². The summed E-state index contributed by atoms with van der Waals surface area (Å²) in [5.41, 5.74) is 8.54. The van der Waals surface area contributed by atoms with E-state index >= 15 is 0 Å². The Bertz CT molecular complexity index is 2550. The van der Waals surface area contributed by atoms with Gasteiger partial charge in [-0.15, -0.1) is 0 Å². The molecule has 0 saturated carbocycles. The summed E-state index contributed by atoms with van der Waals surface area (Å²) in [7, 11) is 0. The number of hydrogen-bond acceptors (Lipinski definition) is 3. The van der Waals surface area contributed by atoms with Gasteiger partial charge in [-0.05, 0) is 68.4 Å². The minimum absolute atomic E-state index is 0.749. The molecule has 0 unspecified atom stereocenters. The number of aryl methyl sites for hydroxylation is 2. The average Bonchev–Trinajstić information content (AvgIpc) is 3.73. The van der Waals surface area contributed by atoms with E-state index in [9.17, 15) is 0 Å². The van der Waals surface area contributed by atoms with Gasteiger partial charge in [-0.25, -0.2) is 9.67 Å². The summed E-state index contributed by atoms with van der Waals surface area (Å²) in [4.78, 5) is 4.92. The molecule has 6 nitrogen and oxygen atoms in total. The molecule has 0 N–H and O–H groups in total. The zero-order valence-corrected chi connectivity index (χ0v) is 25.4. The summed E-state index contributed by atoms with van der Waals surface area (Å²) in [6.07, 6.45) is 1.90. The van der Waals surface area contributed by atoms with Crippen LogP contribution < -0.4 is 4.74 Å². The molecule has 0 fully saturated rings. The van der Waals surface area contributed by atoms with Gasteiger partial charge in [-0.3, -0.25) is 4.57 Å². The summed E-state index contributed by atoms with van der Waals surface area (Å²) in [5.74, 6) is 2.34. The second-order valence-electron chi connectivity index (χ2n) is 11.7. The predicted molar refractivity (Wildman–Crippen MR) is 186 cm³/mol. The van der Waals surface area contributed by atoms with Gasteiger partial charge < -0.3 is 9.30 Å². The minimum Gasteiger partial charge on any atom is -0.457 e. The lowest BCUT2D eigenvalue weighted by molar-refractivity contribution is 0.483. The molecule has 0 aliphatic carbocycles. The molecule has 9 aromatic rings. The molecule has 0 aliphatic heterocycles. The lowest BCUT2D eigenvalue weighted by atomic mass is 10.1. The molecule has 5 aromatic carbocycles. The van der Waals surface area contributed by atoms with E-state index in [1.54, 1.807) is 0 Å². The Balaban J connectivity index is 1.19. The van der Waals surface area contributed by atoms with Gasteiger partial charge in [-0.1, -0.05) is 60.7 Å². The fourth-order valence-electron chi connectivity index (χ4n) is 6.84. The van der Waals surface area contributed by atoms with Crippen molar-refractivity contribution in [2.24, 2.45) is 0 Å². The monoisotopic (exact) mass is 595 g/mol. The van der Waals surface area contributed by atoms with E-state index < -0.39 is 0 Å². The number of fused-ring (bicyclic) bond motifs is 6. The summed E-state index contributed by atoms with van der Waals surface area (Å²) in [6.45, 7) is 4.07. The SMILES string of the molecule is Cc1cc(C)n(-c2cccc(Oc3ccc4c5ccccc5n(-c5cc(-n6c7ccccc7c7ccccc76)ccn5)c4c3)c2)n1. The van der Waals surface area contributed by atoms with Crippen molar-refractivity contribution in [2.45, 2.75) is 13.8 Å². The van der Waals surface area contributed by atoms with E-state index in [4.69, 9.17) is 9.72 Å². The molecule has 0 bridgehead atoms. The highest BCUT2D eigenvalue weighted by Crippen LogP contribution is 2.37. The Kier molecular flexibility index (Phi) is 5.83. The first kappa shape index (κ1) is 26.3. The van der Waals surface area contributed by atoms with Gasteiger partial charge in [0.1, 0.15) is 17.3 Å². The molecule has 0 saturated heterocycles. The molecular formula is C40H29N5O. The van der Waals surface area contributed by atoms with Crippen LogP contribution in [0, 0.1) is 13.8 Å². The van der Waals surface area contributed by atoms with E-state index in [2.05, 4.69) is 124 Å². The van der Waals surface area contributed by atoms with E-state index in [0.29, 0.717) is 0 Å². The number of nitrogens with zero attached hydrogens (tertiary/aromatic N) is 5. The Labute approximate surface area is 265 Å². The standard InChI is InChI=1S/C40H29N5O/c1-26-22-27(2)45(42-26)29-10-9-11-30(23-29)46-31-18-19-35-34-14-5-8-17-38(34)44(39(35)25-31)40-24-28(20-21-41-40)43-36-15-6-3-12-32(36)33-13-4-7-16-37(33)43/h3-25H,1-2H3. The highest BCUT2D eigenvalue weighted by molar-refractivity contribution is 6.10. The van der Waals surface area contributed by atoms with Gasteiger partial charge in [0.2, 0.25) is 0 Å². The topological polar surface area (TPSA) is 49.8 Å². The van der Waals surface area contributed by atoms with Gasteiger partial charge in [-0.2, -0.15) is 5.10 Å². The predicted octanol–water partition coefficient (Wildman–Crippen LogP) is 9.87. The van der Waals surface area contributed by atoms with Gasteiger partial charge >= 0.3 is 0 Å². The minimum atomic E-state index is 0.749. The smallest absolute Gasteiger partial charge is 0.139 e. The molecule has 0 radical (unpaired) electrons. The highest BCUT2D eigenvalue weighted by Gasteiger charge is 2.17. The summed E-state index contributed by atoms with van der Waals surface area (Å²) in [5, 5.41) is 9.42. The quantitative estimate of drug-likeness (QED) is 0.199. The van der Waals surface area contributed by atoms with Crippen LogP contribution in [0.5, 0.6) is 11.5 Å². The molecule has 0 spiro atoms. The normalized spacial score (nSPS) is 11.7. The van der Waals surface area contributed by atoms with E-state index in [-0.39, 0.29) is 0 Å². The van der Waals surface area contributed by atoms with Gasteiger partial charge in [0.15, 0.2) is 0 Å². The number of ether oxygens (including phenoxy) is 1. The van der Waals surface area contributed by atoms with Crippen LogP contribution in [0.3, 0.4) is 0 Å². The van der Waals surface area contributed by atoms with Crippen LogP contribution >= 0.6 is 0 Å². The van der Waals surface area contributed by atoms with Crippen LogP contribution in [-0.4, -0.2) is 23.9 Å². The molecule has 0 amide bonds. The Morgan fingerprint density at radius 1 is 0.500 bits per heavy atom. The fraction of sp³-hybridized carbons (Fsp3) is 0.0500. The maximum absolute atomic E-state index is 6.48. The molecule has 6 heteroatoms. The first-order valence-electron chi connectivity index (χ1n) is 15.4. The highest BCUT2D eigenvalue weighted by atomic mass is 16.5. The summed E-state index contributed by atoms with van der Waals surface area (Å²) < 4.78 is 13.0. The third-order valence-electron chi connectivity index (χ3n) is 8.75. The van der Waals surface area contributed by atoms with Crippen LogP contribution in [0.4, 0.5) is 0 Å². The van der Waals surface area contributed by atoms with Crippen molar-refractivity contribution >= 4 is 43.6 Å². The number of aromatic nitrogens is 5. The average molecular weight is 596 g/mol. The number of para-hydroxylation sites is 3. The second-order valence-corrected chi connectivity index (χ2v) is 11.7. The van der Waals surface area contributed by atoms with Crippen LogP contribution in [0.15, 0.2) is 140 Å².